The Morgan fingerprint density at radius 3 is 2.59 bits per heavy atom. The monoisotopic (exact) mass is 466 g/mol. The van der Waals surface area contributed by atoms with Crippen molar-refractivity contribution in [2.75, 3.05) is 18.4 Å². The van der Waals surface area contributed by atoms with Crippen LogP contribution in [0.2, 0.25) is 0 Å². The van der Waals surface area contributed by atoms with Crippen LogP contribution in [-0.4, -0.2) is 58.9 Å². The van der Waals surface area contributed by atoms with E-state index in [4.69, 9.17) is 0 Å². The number of nitrogens with zero attached hydrogens (tertiary/aromatic N) is 7. The van der Waals surface area contributed by atoms with Crippen LogP contribution in [-0.2, 0) is 6.54 Å². The molecule has 0 unspecified atom stereocenters. The van der Waals surface area contributed by atoms with Gasteiger partial charge in [0.05, 0.1) is 23.5 Å². The van der Waals surface area contributed by atoms with Crippen molar-refractivity contribution in [3.8, 4) is 11.3 Å². The van der Waals surface area contributed by atoms with Gasteiger partial charge in [0.2, 0.25) is 5.95 Å². The van der Waals surface area contributed by atoms with Crippen molar-refractivity contribution in [2.45, 2.75) is 39.5 Å². The minimum absolute atomic E-state index is 0.0339. The summed E-state index contributed by atoms with van der Waals surface area (Å²) in [4.78, 5) is 14.6. The average Bonchev–Trinajstić information content (AvgIpc) is 3.12. The smallest absolute Gasteiger partial charge is 0.229 e. The molecule has 0 bridgehead atoms. The van der Waals surface area contributed by atoms with Crippen LogP contribution >= 0.6 is 0 Å². The lowest BCUT2D eigenvalue weighted by atomic mass is 10.1. The van der Waals surface area contributed by atoms with Crippen molar-refractivity contribution in [3.05, 3.63) is 53.6 Å². The van der Waals surface area contributed by atoms with Crippen LogP contribution in [0.1, 0.15) is 31.4 Å². The van der Waals surface area contributed by atoms with Crippen LogP contribution in [0, 0.1) is 18.6 Å². The third-order valence-corrected chi connectivity index (χ3v) is 5.74. The second-order valence-electron chi connectivity index (χ2n) is 8.72. The topological polar surface area (TPSA) is 105 Å². The SMILES string of the molecule is Cc1nc2c(F)cc(-c3nc(Nc4ccc(CN5CC(O)C5)nn4)ncc3F)cc2n1C(C)C. The molecule has 5 rings (SSSR count). The molecule has 34 heavy (non-hydrogen) atoms. The lowest BCUT2D eigenvalue weighted by Crippen LogP contribution is -2.49. The summed E-state index contributed by atoms with van der Waals surface area (Å²) < 4.78 is 31.4. The fraction of sp³-hybridized carbons (Fsp3) is 0.348. The van der Waals surface area contributed by atoms with Gasteiger partial charge in [-0.2, -0.15) is 5.10 Å². The van der Waals surface area contributed by atoms with Crippen molar-refractivity contribution in [2.24, 2.45) is 0 Å². The second-order valence-corrected chi connectivity index (χ2v) is 8.72. The highest BCUT2D eigenvalue weighted by atomic mass is 19.1. The van der Waals surface area contributed by atoms with Crippen LogP contribution in [0.25, 0.3) is 22.3 Å². The van der Waals surface area contributed by atoms with Gasteiger partial charge in [0.25, 0.3) is 0 Å². The Bertz CT molecular complexity index is 1350. The van der Waals surface area contributed by atoms with E-state index in [0.717, 1.165) is 11.9 Å². The lowest BCUT2D eigenvalue weighted by molar-refractivity contribution is -0.00367. The third kappa shape index (κ3) is 4.19. The molecule has 4 aromatic rings. The number of aliphatic hydroxyl groups excluding tert-OH is 1. The average molecular weight is 466 g/mol. The van der Waals surface area contributed by atoms with Gasteiger partial charge in [-0.1, -0.05) is 0 Å². The Balaban J connectivity index is 1.42. The predicted molar refractivity (Wildman–Crippen MR) is 122 cm³/mol. The van der Waals surface area contributed by atoms with E-state index in [-0.39, 0.29) is 34.9 Å². The number of benzene rings is 1. The van der Waals surface area contributed by atoms with Gasteiger partial charge >= 0.3 is 0 Å². The maximum absolute atomic E-state index is 14.9. The highest BCUT2D eigenvalue weighted by Gasteiger charge is 2.24. The van der Waals surface area contributed by atoms with Crippen molar-refractivity contribution in [1.82, 2.24) is 34.6 Å². The molecule has 2 N–H and O–H groups in total. The number of aliphatic hydroxyl groups is 1. The zero-order valence-corrected chi connectivity index (χ0v) is 19.0. The highest BCUT2D eigenvalue weighted by molar-refractivity contribution is 5.83. The quantitative estimate of drug-likeness (QED) is 0.446. The first kappa shape index (κ1) is 22.2. The standard InChI is InChI=1S/C23H24F2N8O/c1-12(2)33-13(3)27-22-17(24)6-14(7-19(22)33)21-18(25)8-26-23(29-21)28-20-5-4-15(30-31-20)9-32-10-16(34)11-32/h4-8,12,16,34H,9-11H2,1-3H3,(H,26,28,29,31). The summed E-state index contributed by atoms with van der Waals surface area (Å²) in [6.07, 6.45) is 0.761. The van der Waals surface area contributed by atoms with E-state index in [0.29, 0.717) is 36.8 Å². The molecule has 176 valence electrons. The zero-order chi connectivity index (χ0) is 24.0. The molecule has 0 radical (unpaired) electrons. The Labute approximate surface area is 194 Å². The maximum Gasteiger partial charge on any atom is 0.229 e. The van der Waals surface area contributed by atoms with E-state index in [9.17, 15) is 13.9 Å². The number of β-amino-alcohol motifs (C(OH)–C–C–N with tert-alkyl or cyclic N) is 1. The Hall–Kier alpha value is -3.57. The number of anilines is 2. The van der Waals surface area contributed by atoms with Gasteiger partial charge in [-0.15, -0.1) is 5.10 Å². The van der Waals surface area contributed by atoms with Gasteiger partial charge in [0.1, 0.15) is 17.0 Å². The minimum atomic E-state index is -0.671. The number of hydrogen-bond acceptors (Lipinski definition) is 8. The Morgan fingerprint density at radius 2 is 1.91 bits per heavy atom. The first-order chi connectivity index (χ1) is 16.3. The van der Waals surface area contributed by atoms with Gasteiger partial charge in [0.15, 0.2) is 17.5 Å². The number of aryl methyl sites for hydroxylation is 1. The molecule has 1 aliphatic heterocycles. The molecule has 4 heterocycles. The second kappa shape index (κ2) is 8.65. The molecule has 0 saturated carbocycles. The lowest BCUT2D eigenvalue weighted by Gasteiger charge is -2.35. The number of aromatic nitrogens is 6. The molecule has 0 amide bonds. The summed E-state index contributed by atoms with van der Waals surface area (Å²) in [5, 5.41) is 20.6. The summed E-state index contributed by atoms with van der Waals surface area (Å²) in [6.45, 7) is 7.61. The van der Waals surface area contributed by atoms with E-state index in [2.05, 4.69) is 35.4 Å². The van der Waals surface area contributed by atoms with Gasteiger partial charge < -0.3 is 15.0 Å². The summed E-state index contributed by atoms with van der Waals surface area (Å²) in [5.41, 5.74) is 1.83. The Morgan fingerprint density at radius 1 is 1.12 bits per heavy atom. The van der Waals surface area contributed by atoms with Crippen molar-refractivity contribution >= 4 is 22.8 Å². The van der Waals surface area contributed by atoms with Crippen LogP contribution in [0.3, 0.4) is 0 Å². The largest absolute Gasteiger partial charge is 0.390 e. The molecular formula is C23H24F2N8O. The van der Waals surface area contributed by atoms with E-state index >= 15 is 0 Å². The number of halogens is 2. The molecule has 0 spiro atoms. The van der Waals surface area contributed by atoms with Crippen molar-refractivity contribution in [3.63, 3.8) is 0 Å². The molecule has 11 heteroatoms. The first-order valence-corrected chi connectivity index (χ1v) is 11.0. The summed E-state index contributed by atoms with van der Waals surface area (Å²) in [7, 11) is 0. The third-order valence-electron chi connectivity index (χ3n) is 5.74. The molecule has 1 fully saturated rings. The fourth-order valence-electron chi connectivity index (χ4n) is 4.21. The Kier molecular flexibility index (Phi) is 5.66. The molecule has 3 aromatic heterocycles. The van der Waals surface area contributed by atoms with E-state index in [1.54, 1.807) is 12.1 Å². The number of fused-ring (bicyclic) bond motifs is 1. The normalized spacial score (nSPS) is 14.7. The number of nitrogens with one attached hydrogen (secondary N) is 1. The number of hydrogen-bond donors (Lipinski definition) is 2. The minimum Gasteiger partial charge on any atom is -0.390 e. The number of rotatable bonds is 6. The van der Waals surface area contributed by atoms with Gasteiger partial charge in [-0.25, -0.2) is 23.7 Å². The van der Waals surface area contributed by atoms with Gasteiger partial charge in [0, 0.05) is 31.2 Å². The number of imidazole rings is 1. The summed E-state index contributed by atoms with van der Waals surface area (Å²) >= 11 is 0. The molecule has 1 saturated heterocycles. The molecule has 1 aromatic carbocycles. The van der Waals surface area contributed by atoms with E-state index in [1.807, 2.05) is 31.4 Å². The molecule has 0 aliphatic carbocycles. The van der Waals surface area contributed by atoms with E-state index in [1.165, 1.54) is 6.07 Å². The van der Waals surface area contributed by atoms with Crippen LogP contribution in [0.4, 0.5) is 20.5 Å². The molecular weight excluding hydrogens is 442 g/mol. The first-order valence-electron chi connectivity index (χ1n) is 11.0. The van der Waals surface area contributed by atoms with Gasteiger partial charge in [-0.3, -0.25) is 4.90 Å². The molecule has 9 nitrogen and oxygen atoms in total. The van der Waals surface area contributed by atoms with E-state index < -0.39 is 11.6 Å². The molecule has 0 atom stereocenters. The fourth-order valence-corrected chi connectivity index (χ4v) is 4.21. The van der Waals surface area contributed by atoms with Crippen molar-refractivity contribution < 1.29 is 13.9 Å². The van der Waals surface area contributed by atoms with Crippen LogP contribution in [0.15, 0.2) is 30.5 Å². The number of likely N-dealkylation sites (tertiary alicyclic amines) is 1. The van der Waals surface area contributed by atoms with Gasteiger partial charge in [-0.05, 0) is 45.0 Å². The zero-order valence-electron chi connectivity index (χ0n) is 19.0. The van der Waals surface area contributed by atoms with Crippen LogP contribution < -0.4 is 5.32 Å². The maximum atomic E-state index is 14.9. The summed E-state index contributed by atoms with van der Waals surface area (Å²) in [6, 6.07) is 6.51. The predicted octanol–water partition coefficient (Wildman–Crippen LogP) is 3.37. The molecule has 1 aliphatic rings. The van der Waals surface area contributed by atoms with Crippen molar-refractivity contribution in [1.29, 1.82) is 0 Å². The van der Waals surface area contributed by atoms with Crippen LogP contribution in [0.5, 0.6) is 0 Å². The highest BCUT2D eigenvalue weighted by Crippen LogP contribution is 2.30. The summed E-state index contributed by atoms with van der Waals surface area (Å²) in [5.74, 6) is -0.0363.